The molecule has 2 N–H and O–H groups in total. The van der Waals surface area contributed by atoms with Crippen LogP contribution in [-0.4, -0.2) is 53.2 Å². The Bertz CT molecular complexity index is 152. The second-order valence-corrected chi connectivity index (χ2v) is 2.99. The molecule has 0 aromatic carbocycles. The molecular formula is C6H11NO3. The normalized spacial score (nSPS) is 54.3. The van der Waals surface area contributed by atoms with E-state index in [1.165, 1.54) is 0 Å². The molecule has 0 radical (unpaired) electrons. The lowest BCUT2D eigenvalue weighted by molar-refractivity contribution is -0.130. The van der Waals surface area contributed by atoms with E-state index in [9.17, 15) is 5.11 Å². The highest BCUT2D eigenvalue weighted by molar-refractivity contribution is 5.01. The molecule has 0 saturated carbocycles. The Balaban J connectivity index is 2.08. The highest BCUT2D eigenvalue weighted by atomic mass is 16.6. The largest absolute Gasteiger partial charge is 0.386 e. The van der Waals surface area contributed by atoms with Crippen LogP contribution in [0.15, 0.2) is 0 Å². The highest BCUT2D eigenvalue weighted by Crippen LogP contribution is 2.31. The molecular weight excluding hydrogens is 134 g/mol. The van der Waals surface area contributed by atoms with Crippen LogP contribution >= 0.6 is 0 Å². The minimum Gasteiger partial charge on any atom is -0.386 e. The molecule has 1 unspecified atom stereocenters. The zero-order chi connectivity index (χ0) is 7.30. The van der Waals surface area contributed by atoms with Crippen LogP contribution in [0.2, 0.25) is 0 Å². The molecule has 4 heteroatoms. The molecule has 0 bridgehead atoms. The third-order valence-electron chi connectivity index (χ3n) is 2.31. The van der Waals surface area contributed by atoms with Gasteiger partial charge >= 0.3 is 0 Å². The van der Waals surface area contributed by atoms with Gasteiger partial charge in [-0.05, 0) is 7.05 Å². The molecule has 4 nitrogen and oxygen atoms in total. The van der Waals surface area contributed by atoms with Crippen molar-refractivity contribution in [2.75, 3.05) is 13.6 Å². The monoisotopic (exact) mass is 145 g/mol. The summed E-state index contributed by atoms with van der Waals surface area (Å²) >= 11 is 0. The lowest BCUT2D eigenvalue weighted by Crippen LogP contribution is -2.59. The van der Waals surface area contributed by atoms with Crippen LogP contribution < -0.4 is 0 Å². The summed E-state index contributed by atoms with van der Waals surface area (Å²) in [5, 5.41) is 18.2. The van der Waals surface area contributed by atoms with Gasteiger partial charge in [0.1, 0.15) is 6.10 Å². The van der Waals surface area contributed by atoms with E-state index in [2.05, 4.69) is 0 Å². The molecule has 2 heterocycles. The summed E-state index contributed by atoms with van der Waals surface area (Å²) in [4.78, 5) is 1.98. The Morgan fingerprint density at radius 1 is 1.50 bits per heavy atom. The van der Waals surface area contributed by atoms with E-state index >= 15 is 0 Å². The van der Waals surface area contributed by atoms with Crippen molar-refractivity contribution in [1.82, 2.24) is 4.90 Å². The first-order valence-corrected chi connectivity index (χ1v) is 3.42. The summed E-state index contributed by atoms with van der Waals surface area (Å²) in [5.74, 6) is 0. The second kappa shape index (κ2) is 1.92. The summed E-state index contributed by atoms with van der Waals surface area (Å²) in [7, 11) is 1.91. The Labute approximate surface area is 59.0 Å². The Kier molecular flexibility index (Phi) is 1.25. The molecule has 4 atom stereocenters. The Morgan fingerprint density at radius 3 is 2.60 bits per heavy atom. The zero-order valence-electron chi connectivity index (χ0n) is 5.77. The standard InChI is InChI=1S/C6H11NO3/c1-7-2-3-4(7)5(8)6(9)10-3/h3-6,8-9H,2H2,1H3/t3-,4+,5-,6?/m0/s1. The third kappa shape index (κ3) is 0.645. The fraction of sp³-hybridized carbons (Fsp3) is 1.00. The molecule has 0 aromatic heterocycles. The Morgan fingerprint density at radius 2 is 2.20 bits per heavy atom. The Hall–Kier alpha value is -0.160. The number of aliphatic hydroxyl groups excluding tert-OH is 2. The van der Waals surface area contributed by atoms with Gasteiger partial charge in [0, 0.05) is 6.54 Å². The molecule has 0 spiro atoms. The number of likely N-dealkylation sites (N-methyl/N-ethyl adjacent to an activating group) is 1. The van der Waals surface area contributed by atoms with Crippen molar-refractivity contribution >= 4 is 0 Å². The average Bonchev–Trinajstić information content (AvgIpc) is 2.05. The number of nitrogens with zero attached hydrogens (tertiary/aromatic N) is 1. The van der Waals surface area contributed by atoms with E-state index in [4.69, 9.17) is 9.84 Å². The zero-order valence-corrected chi connectivity index (χ0v) is 5.77. The van der Waals surface area contributed by atoms with Gasteiger partial charge in [0.2, 0.25) is 0 Å². The van der Waals surface area contributed by atoms with Crippen molar-refractivity contribution in [3.8, 4) is 0 Å². The molecule has 58 valence electrons. The molecule has 0 amide bonds. The van der Waals surface area contributed by atoms with Crippen LogP contribution in [0, 0.1) is 0 Å². The first-order valence-electron chi connectivity index (χ1n) is 3.42. The number of hydrogen-bond acceptors (Lipinski definition) is 4. The van der Waals surface area contributed by atoms with E-state index in [0.717, 1.165) is 6.54 Å². The number of fused-ring (bicyclic) bond motifs is 1. The maximum Gasteiger partial charge on any atom is 0.182 e. The van der Waals surface area contributed by atoms with Gasteiger partial charge < -0.3 is 14.9 Å². The predicted octanol–water partition coefficient (Wildman–Crippen LogP) is -1.62. The van der Waals surface area contributed by atoms with Crippen molar-refractivity contribution in [1.29, 1.82) is 0 Å². The van der Waals surface area contributed by atoms with Crippen LogP contribution in [0.4, 0.5) is 0 Å². The van der Waals surface area contributed by atoms with E-state index < -0.39 is 12.4 Å². The number of likely N-dealkylation sites (tertiary alicyclic amines) is 1. The van der Waals surface area contributed by atoms with Crippen LogP contribution in [-0.2, 0) is 4.74 Å². The predicted molar refractivity (Wildman–Crippen MR) is 33.3 cm³/mol. The van der Waals surface area contributed by atoms with Gasteiger partial charge in [-0.2, -0.15) is 0 Å². The number of aliphatic hydroxyl groups is 2. The molecule has 0 aliphatic carbocycles. The van der Waals surface area contributed by atoms with Gasteiger partial charge in [-0.1, -0.05) is 0 Å². The minimum atomic E-state index is -0.972. The lowest BCUT2D eigenvalue weighted by Gasteiger charge is -2.40. The van der Waals surface area contributed by atoms with E-state index in [-0.39, 0.29) is 12.1 Å². The summed E-state index contributed by atoms with van der Waals surface area (Å²) in [6.45, 7) is 0.818. The van der Waals surface area contributed by atoms with Gasteiger partial charge in [-0.25, -0.2) is 0 Å². The highest BCUT2D eigenvalue weighted by Gasteiger charge is 2.51. The smallest absolute Gasteiger partial charge is 0.182 e. The molecule has 2 rings (SSSR count). The van der Waals surface area contributed by atoms with Gasteiger partial charge in [0.25, 0.3) is 0 Å². The maximum absolute atomic E-state index is 9.24. The van der Waals surface area contributed by atoms with Crippen molar-refractivity contribution < 1.29 is 14.9 Å². The van der Waals surface area contributed by atoms with Gasteiger partial charge in [-0.3, -0.25) is 4.90 Å². The summed E-state index contributed by atoms with van der Waals surface area (Å²) in [6.07, 6.45) is -1.64. The topological polar surface area (TPSA) is 52.9 Å². The van der Waals surface area contributed by atoms with Gasteiger partial charge in [-0.15, -0.1) is 0 Å². The molecule has 10 heavy (non-hydrogen) atoms. The van der Waals surface area contributed by atoms with Crippen LogP contribution in [0.3, 0.4) is 0 Å². The maximum atomic E-state index is 9.24. The fourth-order valence-corrected chi connectivity index (χ4v) is 1.69. The van der Waals surface area contributed by atoms with Crippen molar-refractivity contribution in [2.24, 2.45) is 0 Å². The van der Waals surface area contributed by atoms with Gasteiger partial charge in [0.05, 0.1) is 12.1 Å². The first kappa shape index (κ1) is 6.54. The van der Waals surface area contributed by atoms with Crippen LogP contribution in [0.25, 0.3) is 0 Å². The number of hydrogen-bond donors (Lipinski definition) is 2. The van der Waals surface area contributed by atoms with E-state index in [1.54, 1.807) is 0 Å². The van der Waals surface area contributed by atoms with E-state index in [0.29, 0.717) is 0 Å². The van der Waals surface area contributed by atoms with Crippen LogP contribution in [0.1, 0.15) is 0 Å². The van der Waals surface area contributed by atoms with E-state index in [1.807, 2.05) is 11.9 Å². The lowest BCUT2D eigenvalue weighted by atomic mass is 9.98. The van der Waals surface area contributed by atoms with Crippen molar-refractivity contribution in [2.45, 2.75) is 24.5 Å². The summed E-state index contributed by atoms with van der Waals surface area (Å²) < 4.78 is 5.01. The minimum absolute atomic E-state index is 0.0231. The molecule has 0 aromatic rings. The molecule has 2 saturated heterocycles. The fourth-order valence-electron chi connectivity index (χ4n) is 1.69. The SMILES string of the molecule is CN1C[C@@H]2OC(O)[C@@H](O)[C@@H]21. The number of rotatable bonds is 0. The molecule has 2 aliphatic rings. The quantitative estimate of drug-likeness (QED) is 0.430. The van der Waals surface area contributed by atoms with Crippen molar-refractivity contribution in [3.63, 3.8) is 0 Å². The third-order valence-corrected chi connectivity index (χ3v) is 2.31. The molecule has 2 fully saturated rings. The number of ether oxygens (including phenoxy) is 1. The summed E-state index contributed by atoms with van der Waals surface area (Å²) in [6, 6.07) is 0.0231. The van der Waals surface area contributed by atoms with Crippen LogP contribution in [0.5, 0.6) is 0 Å². The average molecular weight is 145 g/mol. The summed E-state index contributed by atoms with van der Waals surface area (Å²) in [5.41, 5.74) is 0. The van der Waals surface area contributed by atoms with Gasteiger partial charge in [0.15, 0.2) is 6.29 Å². The second-order valence-electron chi connectivity index (χ2n) is 2.99. The molecule has 2 aliphatic heterocycles. The van der Waals surface area contributed by atoms with Crippen molar-refractivity contribution in [3.05, 3.63) is 0 Å². The first-order chi connectivity index (χ1) is 4.70.